The summed E-state index contributed by atoms with van der Waals surface area (Å²) in [6, 6.07) is 0. The third-order valence-electron chi connectivity index (χ3n) is 1.51. The summed E-state index contributed by atoms with van der Waals surface area (Å²) in [5.41, 5.74) is 0. The Morgan fingerprint density at radius 1 is 1.33 bits per heavy atom. The third-order valence-corrected chi connectivity index (χ3v) is 1.83. The van der Waals surface area contributed by atoms with Crippen LogP contribution in [0.3, 0.4) is 0 Å². The van der Waals surface area contributed by atoms with Gasteiger partial charge in [-0.1, -0.05) is 0 Å². The van der Waals surface area contributed by atoms with Crippen molar-refractivity contribution in [2.75, 3.05) is 25.6 Å². The van der Waals surface area contributed by atoms with Crippen LogP contribution in [-0.4, -0.2) is 31.7 Å². The predicted molar refractivity (Wildman–Crippen MR) is 55.0 cm³/mol. The zero-order chi connectivity index (χ0) is 9.23. The number of hydrogen-bond acceptors (Lipinski definition) is 3. The predicted octanol–water partition coefficient (Wildman–Crippen LogP) is 2.14. The molecule has 3 heteroatoms. The summed E-state index contributed by atoms with van der Waals surface area (Å²) in [5.74, 6) is 0.948. The van der Waals surface area contributed by atoms with Crippen LogP contribution in [0.25, 0.3) is 0 Å². The summed E-state index contributed by atoms with van der Waals surface area (Å²) in [7, 11) is 0. The number of rotatable bonds is 8. The van der Waals surface area contributed by atoms with Gasteiger partial charge >= 0.3 is 0 Å². The topological polar surface area (TPSA) is 18.5 Å². The molecule has 0 saturated heterocycles. The molecular formula is C9H20O2S. The highest BCUT2D eigenvalue weighted by Crippen LogP contribution is 1.97. The first-order valence-corrected chi connectivity index (χ1v) is 5.24. The monoisotopic (exact) mass is 192 g/mol. The largest absolute Gasteiger partial charge is 0.379 e. The molecule has 0 aliphatic heterocycles. The van der Waals surface area contributed by atoms with Gasteiger partial charge in [0, 0.05) is 13.2 Å². The van der Waals surface area contributed by atoms with E-state index >= 15 is 0 Å². The average molecular weight is 192 g/mol. The van der Waals surface area contributed by atoms with Crippen molar-refractivity contribution in [2.45, 2.75) is 32.8 Å². The zero-order valence-electron chi connectivity index (χ0n) is 8.08. The van der Waals surface area contributed by atoms with Crippen LogP contribution in [0, 0.1) is 0 Å². The minimum absolute atomic E-state index is 0.227. The molecule has 0 rings (SSSR count). The van der Waals surface area contributed by atoms with E-state index in [1.807, 2.05) is 13.8 Å². The van der Waals surface area contributed by atoms with Gasteiger partial charge in [-0.15, -0.1) is 0 Å². The maximum Gasteiger partial charge on any atom is 0.0780 e. The second-order valence-electron chi connectivity index (χ2n) is 2.77. The fraction of sp³-hybridized carbons (Fsp3) is 1.00. The molecule has 0 aromatic heterocycles. The lowest BCUT2D eigenvalue weighted by Gasteiger charge is -2.12. The second kappa shape index (κ2) is 9.36. The van der Waals surface area contributed by atoms with Crippen LogP contribution >= 0.6 is 12.6 Å². The van der Waals surface area contributed by atoms with Gasteiger partial charge in [0.15, 0.2) is 0 Å². The van der Waals surface area contributed by atoms with Gasteiger partial charge in [-0.05, 0) is 32.4 Å². The molecule has 0 saturated carbocycles. The van der Waals surface area contributed by atoms with Gasteiger partial charge in [-0.2, -0.15) is 12.6 Å². The van der Waals surface area contributed by atoms with Crippen LogP contribution in [0.2, 0.25) is 0 Å². The van der Waals surface area contributed by atoms with Crippen LogP contribution in [0.4, 0.5) is 0 Å². The fourth-order valence-corrected chi connectivity index (χ4v) is 1.05. The first-order chi connectivity index (χ1) is 5.81. The molecule has 2 nitrogen and oxygen atoms in total. The van der Waals surface area contributed by atoms with Gasteiger partial charge in [0.25, 0.3) is 0 Å². The molecule has 0 aliphatic rings. The molecule has 12 heavy (non-hydrogen) atoms. The molecule has 0 aromatic rings. The lowest BCUT2D eigenvalue weighted by Crippen LogP contribution is -2.16. The maximum absolute atomic E-state index is 5.49. The van der Waals surface area contributed by atoms with Crippen LogP contribution in [0.15, 0.2) is 0 Å². The Bertz CT molecular complexity index is 88.6. The highest BCUT2D eigenvalue weighted by atomic mass is 32.1. The van der Waals surface area contributed by atoms with E-state index in [1.165, 1.54) is 0 Å². The Kier molecular flexibility index (Phi) is 9.57. The number of thiol groups is 1. The minimum atomic E-state index is 0.227. The summed E-state index contributed by atoms with van der Waals surface area (Å²) in [6.45, 7) is 6.33. The molecular weight excluding hydrogens is 172 g/mol. The Balaban J connectivity index is 3.02. The van der Waals surface area contributed by atoms with E-state index in [2.05, 4.69) is 12.6 Å². The van der Waals surface area contributed by atoms with Gasteiger partial charge in [0.1, 0.15) is 0 Å². The van der Waals surface area contributed by atoms with E-state index in [9.17, 15) is 0 Å². The van der Waals surface area contributed by atoms with Crippen molar-refractivity contribution in [1.82, 2.24) is 0 Å². The van der Waals surface area contributed by atoms with E-state index in [4.69, 9.17) is 9.47 Å². The second-order valence-corrected chi connectivity index (χ2v) is 3.22. The lowest BCUT2D eigenvalue weighted by atomic mass is 10.3. The van der Waals surface area contributed by atoms with Crippen LogP contribution in [0.1, 0.15) is 26.7 Å². The molecule has 1 unspecified atom stereocenters. The zero-order valence-corrected chi connectivity index (χ0v) is 8.98. The van der Waals surface area contributed by atoms with E-state index < -0.39 is 0 Å². The fourth-order valence-electron chi connectivity index (χ4n) is 0.830. The van der Waals surface area contributed by atoms with Crippen LogP contribution in [0.5, 0.6) is 0 Å². The smallest absolute Gasteiger partial charge is 0.0780 e. The van der Waals surface area contributed by atoms with Gasteiger partial charge in [0.05, 0.1) is 12.7 Å². The van der Waals surface area contributed by atoms with Crippen molar-refractivity contribution in [2.24, 2.45) is 0 Å². The molecule has 74 valence electrons. The van der Waals surface area contributed by atoms with Gasteiger partial charge in [-0.3, -0.25) is 0 Å². The standard InChI is InChI=1S/C9H20O2S/c1-3-10-8-9(2)11-6-4-5-7-12/h9,12H,3-8H2,1-2H3. The quantitative estimate of drug-likeness (QED) is 0.469. The normalized spacial score (nSPS) is 13.2. The van der Waals surface area contributed by atoms with Crippen LogP contribution in [-0.2, 0) is 9.47 Å². The van der Waals surface area contributed by atoms with E-state index in [0.717, 1.165) is 31.8 Å². The molecule has 0 bridgehead atoms. The molecule has 0 aliphatic carbocycles. The Morgan fingerprint density at radius 3 is 2.67 bits per heavy atom. The maximum atomic E-state index is 5.49. The third kappa shape index (κ3) is 8.37. The van der Waals surface area contributed by atoms with Gasteiger partial charge in [-0.25, -0.2) is 0 Å². The Labute approximate surface area is 81.0 Å². The molecule has 0 radical (unpaired) electrons. The SMILES string of the molecule is CCOCC(C)OCCCCS. The number of unbranched alkanes of at least 4 members (excludes halogenated alkanes) is 1. The Morgan fingerprint density at radius 2 is 2.08 bits per heavy atom. The minimum Gasteiger partial charge on any atom is -0.379 e. The molecule has 0 fully saturated rings. The van der Waals surface area contributed by atoms with Crippen molar-refractivity contribution in [3.63, 3.8) is 0 Å². The summed E-state index contributed by atoms with van der Waals surface area (Å²) in [6.07, 6.45) is 2.45. The van der Waals surface area contributed by atoms with Crippen LogP contribution < -0.4 is 0 Å². The van der Waals surface area contributed by atoms with Gasteiger partial charge < -0.3 is 9.47 Å². The molecule has 0 N–H and O–H groups in total. The van der Waals surface area contributed by atoms with Crippen molar-refractivity contribution in [3.05, 3.63) is 0 Å². The van der Waals surface area contributed by atoms with Crippen molar-refractivity contribution in [1.29, 1.82) is 0 Å². The lowest BCUT2D eigenvalue weighted by molar-refractivity contribution is -0.00411. The van der Waals surface area contributed by atoms with Gasteiger partial charge in [0.2, 0.25) is 0 Å². The number of hydrogen-bond donors (Lipinski definition) is 1. The van der Waals surface area contributed by atoms with E-state index in [1.54, 1.807) is 0 Å². The summed E-state index contributed by atoms with van der Waals surface area (Å²) in [4.78, 5) is 0. The summed E-state index contributed by atoms with van der Waals surface area (Å²) in [5, 5.41) is 0. The highest BCUT2D eigenvalue weighted by Gasteiger charge is 2.00. The Hall–Kier alpha value is 0.270. The average Bonchev–Trinajstić information content (AvgIpc) is 2.09. The molecule has 0 amide bonds. The molecule has 0 spiro atoms. The first kappa shape index (κ1) is 12.3. The molecule has 1 atom stereocenters. The highest BCUT2D eigenvalue weighted by molar-refractivity contribution is 7.80. The summed E-state index contributed by atoms with van der Waals surface area (Å²) < 4.78 is 10.7. The summed E-state index contributed by atoms with van der Waals surface area (Å²) >= 11 is 4.12. The van der Waals surface area contributed by atoms with E-state index in [0.29, 0.717) is 6.61 Å². The van der Waals surface area contributed by atoms with E-state index in [-0.39, 0.29) is 6.10 Å². The first-order valence-electron chi connectivity index (χ1n) is 4.61. The van der Waals surface area contributed by atoms with Crippen molar-refractivity contribution < 1.29 is 9.47 Å². The number of ether oxygens (including phenoxy) is 2. The van der Waals surface area contributed by atoms with Crippen molar-refractivity contribution in [3.8, 4) is 0 Å². The van der Waals surface area contributed by atoms with Crippen molar-refractivity contribution >= 4 is 12.6 Å². The molecule has 0 aromatic carbocycles. The molecule has 0 heterocycles.